The number of rotatable bonds is 11. The molecule has 0 saturated heterocycles. The van der Waals surface area contributed by atoms with Crippen LogP contribution in [-0.2, 0) is 28.7 Å². The summed E-state index contributed by atoms with van der Waals surface area (Å²) in [5, 5.41) is 75.7. The van der Waals surface area contributed by atoms with Crippen molar-refractivity contribution in [2.45, 2.75) is 102 Å². The number of benzene rings is 1. The Bertz CT molecular complexity index is 1620. The largest absolute Gasteiger partial charge is 0.550 e. The van der Waals surface area contributed by atoms with Crippen LogP contribution in [-0.4, -0.2) is 86.9 Å². The molecule has 3 N–H and O–H groups in total. The van der Waals surface area contributed by atoms with Crippen LogP contribution >= 0.6 is 0 Å². The van der Waals surface area contributed by atoms with Gasteiger partial charge in [0.05, 0.1) is 12.0 Å². The first-order valence-electron chi connectivity index (χ1n) is 16.6. The number of esters is 1. The summed E-state index contributed by atoms with van der Waals surface area (Å²) < 4.78 is 5.94. The van der Waals surface area contributed by atoms with Gasteiger partial charge in [0.15, 0.2) is 5.78 Å². The van der Waals surface area contributed by atoms with Crippen molar-refractivity contribution in [2.24, 2.45) is 22.7 Å². The van der Waals surface area contributed by atoms with Crippen LogP contribution in [0.15, 0.2) is 53.6 Å². The van der Waals surface area contributed by atoms with Gasteiger partial charge in [0, 0.05) is 66.9 Å². The van der Waals surface area contributed by atoms with Gasteiger partial charge < -0.3 is 54.7 Å². The van der Waals surface area contributed by atoms with Gasteiger partial charge >= 0.3 is 5.97 Å². The van der Waals surface area contributed by atoms with Crippen molar-refractivity contribution in [3.05, 3.63) is 59.2 Å². The Labute approximate surface area is 291 Å². The Morgan fingerprint density at radius 1 is 0.960 bits per heavy atom. The van der Waals surface area contributed by atoms with Crippen LogP contribution in [0.2, 0.25) is 0 Å². The zero-order valence-corrected chi connectivity index (χ0v) is 29.3. The lowest BCUT2D eigenvalue weighted by Crippen LogP contribution is -2.77. The van der Waals surface area contributed by atoms with E-state index in [4.69, 9.17) is 4.74 Å². The second-order valence-electron chi connectivity index (χ2n) is 15.3. The van der Waals surface area contributed by atoms with Crippen molar-refractivity contribution >= 4 is 29.7 Å². The number of carboxylic acids is 3. The third kappa shape index (κ3) is 6.18. The van der Waals surface area contributed by atoms with Gasteiger partial charge in [-0.25, -0.2) is 0 Å². The van der Waals surface area contributed by atoms with Crippen LogP contribution in [0.5, 0.6) is 0 Å². The van der Waals surface area contributed by atoms with E-state index >= 15 is 0 Å². The summed E-state index contributed by atoms with van der Waals surface area (Å²) in [4.78, 5) is 66.3. The fourth-order valence-corrected chi connectivity index (χ4v) is 9.82. The topological polar surface area (TPSA) is 228 Å². The monoisotopic (exact) mass is 696 g/mol. The highest BCUT2D eigenvalue weighted by Crippen LogP contribution is 2.69. The van der Waals surface area contributed by atoms with Crippen LogP contribution < -0.4 is 15.3 Å². The normalized spacial score (nSPS) is 34.3. The lowest BCUT2D eigenvalue weighted by molar-refractivity contribution is -0.335. The summed E-state index contributed by atoms with van der Waals surface area (Å²) in [6.45, 7) is 9.60. The lowest BCUT2D eigenvalue weighted by atomic mass is 9.39. The molecule has 0 amide bonds. The van der Waals surface area contributed by atoms with Gasteiger partial charge in [-0.15, -0.1) is 0 Å². The Morgan fingerprint density at radius 3 is 2.04 bits per heavy atom. The van der Waals surface area contributed by atoms with Gasteiger partial charge in [-0.05, 0) is 61.6 Å². The number of ether oxygens (including phenoxy) is 1. The minimum absolute atomic E-state index is 0.109. The number of hydrogen-bond donors (Lipinski definition) is 3. The minimum Gasteiger partial charge on any atom is -0.550 e. The molecule has 2 fully saturated rings. The van der Waals surface area contributed by atoms with Crippen molar-refractivity contribution in [1.82, 2.24) is 4.90 Å². The molecule has 4 rings (SSSR count). The summed E-state index contributed by atoms with van der Waals surface area (Å²) in [5.41, 5.74) is -12.1. The van der Waals surface area contributed by atoms with Gasteiger partial charge in [0.1, 0.15) is 17.3 Å². The lowest BCUT2D eigenvalue weighted by Gasteiger charge is -2.69. The molecule has 13 heteroatoms. The van der Waals surface area contributed by atoms with Gasteiger partial charge in [-0.1, -0.05) is 57.7 Å². The van der Waals surface area contributed by atoms with E-state index in [2.05, 4.69) is 6.58 Å². The number of aliphatic hydroxyl groups is 3. The highest BCUT2D eigenvalue weighted by molar-refractivity contribution is 5.98. The Kier molecular flexibility index (Phi) is 10.4. The minimum atomic E-state index is -3.05. The predicted octanol–water partition coefficient (Wildman–Crippen LogP) is -0.878. The fraction of sp³-hybridized carbons (Fsp3) is 0.595. The average molecular weight is 697 g/mol. The van der Waals surface area contributed by atoms with Crippen LogP contribution in [0.4, 0.5) is 0 Å². The molecular formula is C37H46NO12-3. The number of ketones is 1. The maximum atomic E-state index is 13.6. The van der Waals surface area contributed by atoms with Gasteiger partial charge in [0.25, 0.3) is 0 Å². The molecule has 1 aromatic rings. The molecule has 13 nitrogen and oxygen atoms in total. The Balaban J connectivity index is 1.96. The number of carboxylic acid groups (broad SMARTS) is 3. The van der Waals surface area contributed by atoms with Crippen molar-refractivity contribution in [3.8, 4) is 0 Å². The van der Waals surface area contributed by atoms with E-state index in [0.717, 1.165) is 5.56 Å². The summed E-state index contributed by atoms with van der Waals surface area (Å²) in [7, 11) is 3.57. The maximum Gasteiger partial charge on any atom is 0.308 e. The molecule has 0 aliphatic heterocycles. The average Bonchev–Trinajstić information content (AvgIpc) is 2.97. The number of aliphatic carboxylic acids is 3. The molecule has 3 aliphatic carbocycles. The second-order valence-corrected chi connectivity index (χ2v) is 15.3. The molecule has 274 valence electrons. The molecule has 8 atom stereocenters. The summed E-state index contributed by atoms with van der Waals surface area (Å²) >= 11 is 0. The fourth-order valence-electron chi connectivity index (χ4n) is 9.82. The van der Waals surface area contributed by atoms with Crippen molar-refractivity contribution in [1.29, 1.82) is 0 Å². The first kappa shape index (κ1) is 38.9. The third-order valence-corrected chi connectivity index (χ3v) is 11.9. The summed E-state index contributed by atoms with van der Waals surface area (Å²) in [6, 6.07) is 8.77. The number of carbonyl (C=O) groups excluding carboxylic acids is 5. The number of hydrogen-bond acceptors (Lipinski definition) is 13. The van der Waals surface area contributed by atoms with Crippen molar-refractivity contribution in [2.75, 3.05) is 14.1 Å². The van der Waals surface area contributed by atoms with Crippen LogP contribution in [0.3, 0.4) is 0 Å². The van der Waals surface area contributed by atoms with E-state index in [0.29, 0.717) is 0 Å². The molecule has 0 radical (unpaired) electrons. The van der Waals surface area contributed by atoms with Crippen molar-refractivity contribution in [3.63, 3.8) is 0 Å². The number of carbonyl (C=O) groups is 5. The quantitative estimate of drug-likeness (QED) is 0.189. The van der Waals surface area contributed by atoms with Crippen LogP contribution in [0, 0.1) is 22.7 Å². The summed E-state index contributed by atoms with van der Waals surface area (Å²) in [6.07, 6.45) is -6.13. The zero-order chi connectivity index (χ0) is 37.8. The predicted molar refractivity (Wildman–Crippen MR) is 171 cm³/mol. The van der Waals surface area contributed by atoms with E-state index < -0.39 is 107 Å². The summed E-state index contributed by atoms with van der Waals surface area (Å²) in [5.74, 6) is -9.97. The van der Waals surface area contributed by atoms with E-state index in [1.165, 1.54) is 27.7 Å². The number of allylic oxidation sites excluding steroid dienone is 1. The highest BCUT2D eigenvalue weighted by Gasteiger charge is 2.74. The molecule has 0 heterocycles. The number of nitrogens with zero attached hydrogens (tertiary/aromatic N) is 1. The smallest absolute Gasteiger partial charge is 0.308 e. The highest BCUT2D eigenvalue weighted by atomic mass is 16.5. The van der Waals surface area contributed by atoms with Crippen LogP contribution in [0.1, 0.15) is 84.2 Å². The molecule has 2 saturated carbocycles. The third-order valence-electron chi connectivity index (χ3n) is 11.9. The molecule has 1 aromatic carbocycles. The van der Waals surface area contributed by atoms with Gasteiger partial charge in [0.2, 0.25) is 0 Å². The van der Waals surface area contributed by atoms with Crippen molar-refractivity contribution < 1.29 is 59.3 Å². The first-order chi connectivity index (χ1) is 23.0. The molecular weight excluding hydrogens is 650 g/mol. The maximum absolute atomic E-state index is 13.6. The van der Waals surface area contributed by atoms with Gasteiger partial charge in [-0.2, -0.15) is 0 Å². The molecule has 0 aromatic heterocycles. The first-order valence-corrected chi connectivity index (χ1v) is 16.6. The standard InChI is InChI=1S/C37H49NO12/c1-20-24(39)16-26-33(3,4)31(20)36(48,18-28(42)43)37(49,19-29(44)45)34(5)14-13-25(21(2)32(34)35(26,47)17-27(40)41)50-30(46)15-23(38(6)7)22-11-9-8-10-12-22/h8-12,23,25-26,32,47-49H,2,13-19H2,1,3-7H3,(H,40,41)(H,42,43)(H,44,45)/p-3/t23?,25-,26+,32+,34+,35-,36+,37+/m0/s1. The molecule has 50 heavy (non-hydrogen) atoms. The van der Waals surface area contributed by atoms with E-state index in [1.807, 2.05) is 35.2 Å². The zero-order valence-electron chi connectivity index (χ0n) is 29.3. The van der Waals surface area contributed by atoms with Gasteiger partial charge in [-0.3, -0.25) is 9.59 Å². The second kappa shape index (κ2) is 13.3. The van der Waals surface area contributed by atoms with E-state index in [9.17, 15) is 54.6 Å². The number of fused-ring (bicyclic) bond motifs is 3. The Morgan fingerprint density at radius 2 is 1.52 bits per heavy atom. The molecule has 1 unspecified atom stereocenters. The molecule has 0 spiro atoms. The number of Topliss-reactive ketones (excluding diaryl/α,β-unsaturated/α-hetero) is 1. The van der Waals surface area contributed by atoms with E-state index in [-0.39, 0.29) is 36.0 Å². The Hall–Kier alpha value is -3.91. The molecule has 2 bridgehead atoms. The van der Waals surface area contributed by atoms with Crippen LogP contribution in [0.25, 0.3) is 0 Å². The SMILES string of the molecule is C=C1[C@@H](OC(=O)CC(c2ccccc2)N(C)C)CC[C@]2(C)[C@@H]1[C@](O)(CC(=O)[O-])[C@@H]1CC(=O)C(C)=C(C1(C)C)[C@](O)(CC(=O)[O-])[C@@]2(O)CC(=O)[O-]. The van der Waals surface area contributed by atoms with E-state index in [1.54, 1.807) is 14.1 Å². The molecule has 3 aliphatic rings.